The molecule has 5 heteroatoms. The van der Waals surface area contributed by atoms with Gasteiger partial charge in [0, 0.05) is 27.8 Å². The van der Waals surface area contributed by atoms with Crippen LogP contribution in [0.15, 0.2) is 53.3 Å². The lowest BCUT2D eigenvalue weighted by atomic mass is 10.1. The second kappa shape index (κ2) is 5.81. The molecule has 0 radical (unpaired) electrons. The van der Waals surface area contributed by atoms with Crippen LogP contribution in [0.25, 0.3) is 22.2 Å². The molecule has 0 spiro atoms. The molecule has 0 atom stereocenters. The molecule has 0 aliphatic carbocycles. The molecule has 0 N–H and O–H groups in total. The molecule has 1 aromatic carbocycles. The first-order valence-corrected chi connectivity index (χ1v) is 8.10. The van der Waals surface area contributed by atoms with E-state index < -0.39 is 11.7 Å². The first-order valence-electron chi connectivity index (χ1n) is 7.30. The van der Waals surface area contributed by atoms with E-state index in [1.165, 1.54) is 4.57 Å². The molecule has 0 fully saturated rings. The van der Waals surface area contributed by atoms with Gasteiger partial charge in [0.25, 0.3) is 0 Å². The highest BCUT2D eigenvalue weighted by molar-refractivity contribution is 9.10. The molecule has 0 aliphatic rings. The normalized spacial score (nSPS) is 11.7. The molecule has 3 rings (SSSR count). The fourth-order valence-corrected chi connectivity index (χ4v) is 2.87. The number of carbonyl (C=O) groups is 1. The van der Waals surface area contributed by atoms with Crippen LogP contribution in [0, 0.1) is 0 Å². The van der Waals surface area contributed by atoms with Gasteiger partial charge in [0.15, 0.2) is 0 Å². The van der Waals surface area contributed by atoms with Crippen molar-refractivity contribution in [1.82, 2.24) is 9.55 Å². The Hall–Kier alpha value is -2.14. The zero-order valence-corrected chi connectivity index (χ0v) is 14.8. The molecule has 0 saturated carbocycles. The van der Waals surface area contributed by atoms with Crippen LogP contribution in [0.2, 0.25) is 0 Å². The van der Waals surface area contributed by atoms with Crippen molar-refractivity contribution in [2.75, 3.05) is 0 Å². The third-order valence-corrected chi connectivity index (χ3v) is 3.94. The summed E-state index contributed by atoms with van der Waals surface area (Å²) in [7, 11) is 0. The Balaban J connectivity index is 2.06. The van der Waals surface area contributed by atoms with E-state index in [1.54, 1.807) is 12.4 Å². The summed E-state index contributed by atoms with van der Waals surface area (Å²) in [6.07, 6.45) is 3.11. The van der Waals surface area contributed by atoms with E-state index in [-0.39, 0.29) is 0 Å². The van der Waals surface area contributed by atoms with Gasteiger partial charge in [0.05, 0.1) is 11.2 Å². The number of fused-ring (bicyclic) bond motifs is 1. The Morgan fingerprint density at radius 1 is 1.22 bits per heavy atom. The number of aromatic nitrogens is 2. The highest BCUT2D eigenvalue weighted by atomic mass is 79.9. The molecule has 0 bridgehead atoms. The van der Waals surface area contributed by atoms with Gasteiger partial charge in [-0.05, 0) is 61.0 Å². The number of benzene rings is 1. The number of carbonyl (C=O) groups excluding carboxylic acids is 1. The standard InChI is InChI=1S/C18H17BrN2O2/c1-18(2,3)23-17(22)21-11-14(19)13-10-12(7-8-16(13)21)15-6-4-5-9-20-15/h4-11H,1-3H3. The van der Waals surface area contributed by atoms with Gasteiger partial charge in [0.1, 0.15) is 5.60 Å². The zero-order chi connectivity index (χ0) is 16.6. The van der Waals surface area contributed by atoms with Gasteiger partial charge < -0.3 is 4.74 Å². The summed E-state index contributed by atoms with van der Waals surface area (Å²) >= 11 is 3.52. The molecule has 2 heterocycles. The van der Waals surface area contributed by atoms with Gasteiger partial charge in [-0.3, -0.25) is 9.55 Å². The lowest BCUT2D eigenvalue weighted by molar-refractivity contribution is 0.0544. The maximum absolute atomic E-state index is 12.4. The van der Waals surface area contributed by atoms with Crippen LogP contribution in [0.5, 0.6) is 0 Å². The molecule has 0 amide bonds. The van der Waals surface area contributed by atoms with E-state index >= 15 is 0 Å². The fourth-order valence-electron chi connectivity index (χ4n) is 2.34. The van der Waals surface area contributed by atoms with Crippen LogP contribution >= 0.6 is 15.9 Å². The zero-order valence-electron chi connectivity index (χ0n) is 13.2. The molecule has 3 aromatic rings. The Bertz CT molecular complexity index is 864. The van der Waals surface area contributed by atoms with Crippen molar-refractivity contribution in [2.45, 2.75) is 26.4 Å². The number of rotatable bonds is 1. The summed E-state index contributed by atoms with van der Waals surface area (Å²) < 4.78 is 7.82. The average molecular weight is 373 g/mol. The summed E-state index contributed by atoms with van der Waals surface area (Å²) in [6, 6.07) is 11.7. The molecule has 0 saturated heterocycles. The summed E-state index contributed by atoms with van der Waals surface area (Å²) in [5, 5.41) is 0.944. The smallest absolute Gasteiger partial charge is 0.419 e. The van der Waals surface area contributed by atoms with Crippen LogP contribution in [0.3, 0.4) is 0 Å². The van der Waals surface area contributed by atoms with Crippen molar-refractivity contribution in [3.05, 3.63) is 53.3 Å². The third kappa shape index (κ3) is 3.29. The fraction of sp³-hybridized carbons (Fsp3) is 0.222. The van der Waals surface area contributed by atoms with Crippen molar-refractivity contribution < 1.29 is 9.53 Å². The van der Waals surface area contributed by atoms with E-state index in [4.69, 9.17) is 4.74 Å². The first-order chi connectivity index (χ1) is 10.8. The van der Waals surface area contributed by atoms with Crippen molar-refractivity contribution in [2.24, 2.45) is 0 Å². The minimum Gasteiger partial charge on any atom is -0.443 e. The van der Waals surface area contributed by atoms with Crippen LogP contribution in [0.4, 0.5) is 4.79 Å². The van der Waals surface area contributed by atoms with Gasteiger partial charge in [-0.25, -0.2) is 4.79 Å². The Morgan fingerprint density at radius 2 is 2.00 bits per heavy atom. The number of hydrogen-bond donors (Lipinski definition) is 0. The molecular formula is C18H17BrN2O2. The molecule has 118 valence electrons. The maximum atomic E-state index is 12.4. The van der Waals surface area contributed by atoms with Gasteiger partial charge in [0.2, 0.25) is 0 Å². The Morgan fingerprint density at radius 3 is 2.65 bits per heavy atom. The first kappa shape index (κ1) is 15.7. The van der Waals surface area contributed by atoms with Crippen LogP contribution in [-0.2, 0) is 4.74 Å². The maximum Gasteiger partial charge on any atom is 0.419 e. The van der Waals surface area contributed by atoms with Crippen LogP contribution in [0.1, 0.15) is 20.8 Å². The minimum absolute atomic E-state index is 0.390. The van der Waals surface area contributed by atoms with Gasteiger partial charge in [-0.2, -0.15) is 0 Å². The van der Waals surface area contributed by atoms with Crippen molar-refractivity contribution in [3.63, 3.8) is 0 Å². The molecule has 2 aromatic heterocycles. The Kier molecular flexibility index (Phi) is 3.98. The second-order valence-corrected chi connectivity index (χ2v) is 7.13. The van der Waals surface area contributed by atoms with E-state index in [0.29, 0.717) is 0 Å². The average Bonchev–Trinajstić information content (AvgIpc) is 2.83. The highest BCUT2D eigenvalue weighted by Crippen LogP contribution is 2.30. The third-order valence-electron chi connectivity index (χ3n) is 3.31. The molecule has 23 heavy (non-hydrogen) atoms. The highest BCUT2D eigenvalue weighted by Gasteiger charge is 2.20. The van der Waals surface area contributed by atoms with E-state index in [9.17, 15) is 4.79 Å². The summed E-state index contributed by atoms with van der Waals surface area (Å²) in [5.74, 6) is 0. The number of halogens is 1. The predicted molar refractivity (Wildman–Crippen MR) is 94.5 cm³/mol. The molecule has 0 unspecified atom stereocenters. The van der Waals surface area contributed by atoms with E-state index in [1.807, 2.05) is 57.2 Å². The van der Waals surface area contributed by atoms with Crippen LogP contribution in [-0.4, -0.2) is 21.2 Å². The van der Waals surface area contributed by atoms with Crippen LogP contribution < -0.4 is 0 Å². The molecule has 0 aliphatic heterocycles. The Labute approximate surface area is 143 Å². The number of ether oxygens (including phenoxy) is 1. The quantitative estimate of drug-likeness (QED) is 0.585. The van der Waals surface area contributed by atoms with Gasteiger partial charge in [-0.15, -0.1) is 0 Å². The topological polar surface area (TPSA) is 44.1 Å². The van der Waals surface area contributed by atoms with E-state index in [0.717, 1.165) is 26.6 Å². The van der Waals surface area contributed by atoms with Gasteiger partial charge in [-0.1, -0.05) is 12.1 Å². The number of pyridine rings is 1. The number of hydrogen-bond acceptors (Lipinski definition) is 3. The second-order valence-electron chi connectivity index (χ2n) is 6.27. The lowest BCUT2D eigenvalue weighted by Gasteiger charge is -2.19. The SMILES string of the molecule is CC(C)(C)OC(=O)n1cc(Br)c2cc(-c3ccccn3)ccc21. The molecular weight excluding hydrogens is 356 g/mol. The van der Waals surface area contributed by atoms with Crippen molar-refractivity contribution in [3.8, 4) is 11.3 Å². The largest absolute Gasteiger partial charge is 0.443 e. The van der Waals surface area contributed by atoms with Gasteiger partial charge >= 0.3 is 6.09 Å². The van der Waals surface area contributed by atoms with E-state index in [2.05, 4.69) is 20.9 Å². The monoisotopic (exact) mass is 372 g/mol. The van der Waals surface area contributed by atoms with Crippen molar-refractivity contribution >= 4 is 32.9 Å². The summed E-state index contributed by atoms with van der Waals surface area (Å²) in [6.45, 7) is 5.56. The lowest BCUT2D eigenvalue weighted by Crippen LogP contribution is -2.26. The predicted octanol–water partition coefficient (Wildman–Crippen LogP) is 5.25. The summed E-state index contributed by atoms with van der Waals surface area (Å²) in [5.41, 5.74) is 2.16. The molecule has 4 nitrogen and oxygen atoms in total. The summed E-state index contributed by atoms with van der Waals surface area (Å²) in [4.78, 5) is 16.7. The number of nitrogens with zero attached hydrogens (tertiary/aromatic N) is 2. The van der Waals surface area contributed by atoms with Crippen molar-refractivity contribution in [1.29, 1.82) is 0 Å². The minimum atomic E-state index is -0.534.